The molecule has 2 aliphatic rings. The van der Waals surface area contributed by atoms with E-state index in [0.29, 0.717) is 14.5 Å². The maximum Gasteiger partial charge on any atom is 0.230 e. The molecule has 1 amide bonds. The Morgan fingerprint density at radius 2 is 2.18 bits per heavy atom. The Labute approximate surface area is 171 Å². The third kappa shape index (κ3) is 4.09. The predicted molar refractivity (Wildman–Crippen MR) is 120 cm³/mol. The number of nitrogens with one attached hydrogen (secondary N) is 1. The number of piperidine rings is 1. The maximum atomic E-state index is 11.7. The Morgan fingerprint density at radius 1 is 1.36 bits per heavy atom. The molecule has 2 unspecified atom stereocenters. The third-order valence-electron chi connectivity index (χ3n) is 5.23. The van der Waals surface area contributed by atoms with E-state index in [1.165, 1.54) is 15.6 Å². The van der Waals surface area contributed by atoms with E-state index < -0.39 is 0 Å². The first kappa shape index (κ1) is 19.4. The van der Waals surface area contributed by atoms with Gasteiger partial charge in [0.15, 0.2) is 0 Å². The van der Waals surface area contributed by atoms with Crippen LogP contribution in [0.2, 0.25) is 0 Å². The summed E-state index contributed by atoms with van der Waals surface area (Å²) in [4.78, 5) is 16.3. The number of hydrazone groups is 1. The van der Waals surface area contributed by atoms with Gasteiger partial charge in [-0.1, -0.05) is 26.8 Å². The molecule has 0 spiro atoms. The lowest BCUT2D eigenvalue weighted by molar-refractivity contribution is -0.118. The fourth-order valence-corrected chi connectivity index (χ4v) is 5.86. The fraction of sp³-hybridized carbons (Fsp3) is 0.381. The van der Waals surface area contributed by atoms with Crippen molar-refractivity contribution >= 4 is 47.6 Å². The number of aromatic nitrogens is 1. The Bertz CT molecular complexity index is 958. The second-order valence-corrected chi connectivity index (χ2v) is 9.75. The zero-order valence-electron chi connectivity index (χ0n) is 16.2. The highest BCUT2D eigenvalue weighted by molar-refractivity contribution is 7.51. The molecule has 1 aromatic heterocycles. The molecule has 2 atom stereocenters. The van der Waals surface area contributed by atoms with E-state index in [1.807, 2.05) is 6.92 Å². The number of allylic oxidation sites excluding steroid dienone is 2. The minimum atomic E-state index is -0.0203. The monoisotopic (exact) mass is 412 g/mol. The summed E-state index contributed by atoms with van der Waals surface area (Å²) in [6, 6.07) is 6.43. The van der Waals surface area contributed by atoms with Gasteiger partial charge in [-0.3, -0.25) is 4.79 Å². The van der Waals surface area contributed by atoms with E-state index in [0.717, 1.165) is 48.6 Å². The molecule has 7 heteroatoms. The van der Waals surface area contributed by atoms with E-state index in [9.17, 15) is 4.79 Å². The lowest BCUT2D eigenvalue weighted by Crippen LogP contribution is -2.35. The number of nitrogens with zero attached hydrogens (tertiary/aromatic N) is 3. The van der Waals surface area contributed by atoms with Crippen molar-refractivity contribution in [2.24, 2.45) is 11.0 Å². The number of hydrogen-bond acceptors (Lipinski definition) is 5. The van der Waals surface area contributed by atoms with Crippen LogP contribution < -0.4 is 5.32 Å². The third-order valence-corrected chi connectivity index (χ3v) is 7.80. The van der Waals surface area contributed by atoms with Gasteiger partial charge in [-0.25, -0.2) is 9.99 Å². The number of hydrogen-bond donors (Lipinski definition) is 1. The first-order valence-corrected chi connectivity index (χ1v) is 11.6. The van der Waals surface area contributed by atoms with Crippen molar-refractivity contribution < 1.29 is 4.79 Å². The normalized spacial score (nSPS) is 21.6. The minimum absolute atomic E-state index is 0.0203. The molecule has 0 aliphatic carbocycles. The number of fused-ring (bicyclic) bond motifs is 1. The number of rotatable bonds is 5. The molecular weight excluding hydrogens is 387 g/mol. The molecular formula is C21H25N4OPS. The first-order valence-electron chi connectivity index (χ1n) is 9.69. The van der Waals surface area contributed by atoms with Crippen LogP contribution in [-0.4, -0.2) is 41.0 Å². The fourth-order valence-electron chi connectivity index (χ4n) is 3.75. The van der Waals surface area contributed by atoms with Crippen molar-refractivity contribution in [2.75, 3.05) is 13.1 Å². The minimum Gasteiger partial charge on any atom is -0.317 e. The van der Waals surface area contributed by atoms with Gasteiger partial charge in [0, 0.05) is 5.92 Å². The molecule has 28 heavy (non-hydrogen) atoms. The van der Waals surface area contributed by atoms with Crippen LogP contribution in [0.15, 0.2) is 41.5 Å². The van der Waals surface area contributed by atoms with Crippen molar-refractivity contribution in [2.45, 2.75) is 32.5 Å². The number of thiazole rings is 1. The quantitative estimate of drug-likeness (QED) is 0.587. The van der Waals surface area contributed by atoms with Gasteiger partial charge in [-0.05, 0) is 68.9 Å². The van der Waals surface area contributed by atoms with E-state index >= 15 is 0 Å². The summed E-state index contributed by atoms with van der Waals surface area (Å²) in [5.74, 6) is 0.426. The molecule has 1 aromatic carbocycles. The van der Waals surface area contributed by atoms with Gasteiger partial charge in [0.25, 0.3) is 0 Å². The second-order valence-electron chi connectivity index (χ2n) is 7.10. The van der Waals surface area contributed by atoms with Gasteiger partial charge in [0.2, 0.25) is 6.41 Å². The highest BCUT2D eigenvalue weighted by Crippen LogP contribution is 2.41. The lowest BCUT2D eigenvalue weighted by Gasteiger charge is -2.30. The molecule has 1 saturated heterocycles. The van der Waals surface area contributed by atoms with E-state index in [-0.39, 0.29) is 5.78 Å². The summed E-state index contributed by atoms with van der Waals surface area (Å²) in [6.45, 7) is 6.14. The highest BCUT2D eigenvalue weighted by atomic mass is 32.1. The standard InChI is InChI=1S/C21H25N4OPS/c1-3-19(16-4-5-18-20(12-16)28-14(2)23-18)27-21-7-6-17(24-25(21)13-26)15-8-10-22-11-9-15/h3-7,12-13,15,21-22,27H,8-11H2,1-2H3/b19-3-. The number of aryl methyl sites for hydroxylation is 1. The molecule has 1 N–H and O–H groups in total. The average molecular weight is 412 g/mol. The van der Waals surface area contributed by atoms with Crippen LogP contribution in [0.4, 0.5) is 0 Å². The smallest absolute Gasteiger partial charge is 0.230 e. The molecule has 3 heterocycles. The van der Waals surface area contributed by atoms with Gasteiger partial charge in [0.1, 0.15) is 0 Å². The van der Waals surface area contributed by atoms with E-state index in [4.69, 9.17) is 0 Å². The van der Waals surface area contributed by atoms with Crippen LogP contribution in [0, 0.1) is 12.8 Å². The predicted octanol–water partition coefficient (Wildman–Crippen LogP) is 4.35. The first-order chi connectivity index (χ1) is 13.7. The Balaban J connectivity index is 1.52. The van der Waals surface area contributed by atoms with Crippen molar-refractivity contribution in [3.8, 4) is 0 Å². The van der Waals surface area contributed by atoms with Crippen LogP contribution in [0.25, 0.3) is 15.5 Å². The highest BCUT2D eigenvalue weighted by Gasteiger charge is 2.25. The van der Waals surface area contributed by atoms with Crippen molar-refractivity contribution in [3.05, 3.63) is 47.0 Å². The maximum absolute atomic E-state index is 11.7. The van der Waals surface area contributed by atoms with E-state index in [2.05, 4.69) is 58.8 Å². The molecule has 2 aromatic rings. The van der Waals surface area contributed by atoms with E-state index in [1.54, 1.807) is 16.3 Å². The molecule has 2 aliphatic heterocycles. The van der Waals surface area contributed by atoms with Crippen molar-refractivity contribution in [3.63, 3.8) is 0 Å². The Hall–Kier alpha value is -1.88. The van der Waals surface area contributed by atoms with Gasteiger partial charge in [-0.2, -0.15) is 5.10 Å². The Kier molecular flexibility index (Phi) is 6.00. The van der Waals surface area contributed by atoms with Crippen LogP contribution in [-0.2, 0) is 4.79 Å². The number of amides is 1. The van der Waals surface area contributed by atoms with Gasteiger partial charge in [0.05, 0.1) is 26.7 Å². The summed E-state index contributed by atoms with van der Waals surface area (Å²) in [7, 11) is 0.448. The number of benzene rings is 1. The molecule has 4 rings (SSSR count). The lowest BCUT2D eigenvalue weighted by atomic mass is 9.92. The molecule has 1 fully saturated rings. The van der Waals surface area contributed by atoms with Crippen LogP contribution in [0.3, 0.4) is 0 Å². The largest absolute Gasteiger partial charge is 0.317 e. The van der Waals surface area contributed by atoms with Crippen LogP contribution in [0.1, 0.15) is 30.3 Å². The summed E-state index contributed by atoms with van der Waals surface area (Å²) in [6.07, 6.45) is 9.46. The Morgan fingerprint density at radius 3 is 2.93 bits per heavy atom. The van der Waals surface area contributed by atoms with Crippen LogP contribution in [0.5, 0.6) is 0 Å². The van der Waals surface area contributed by atoms with Gasteiger partial charge in [-0.15, -0.1) is 11.3 Å². The summed E-state index contributed by atoms with van der Waals surface area (Å²) < 4.78 is 1.21. The molecule has 0 bridgehead atoms. The summed E-state index contributed by atoms with van der Waals surface area (Å²) >= 11 is 1.72. The zero-order valence-corrected chi connectivity index (χ0v) is 18.0. The average Bonchev–Trinajstić information content (AvgIpc) is 3.11. The molecule has 0 saturated carbocycles. The summed E-state index contributed by atoms with van der Waals surface area (Å²) in [5, 5.41) is 12.0. The molecule has 5 nitrogen and oxygen atoms in total. The van der Waals surface area contributed by atoms with Crippen molar-refractivity contribution in [1.29, 1.82) is 0 Å². The second kappa shape index (κ2) is 8.64. The SMILES string of the molecule is C/C=C(\PC1C=CC(C2CCNCC2)=NN1C=O)c1ccc2nc(C)sc2c1. The number of carbonyl (C=O) groups is 1. The van der Waals surface area contributed by atoms with Crippen molar-refractivity contribution in [1.82, 2.24) is 15.3 Å². The van der Waals surface area contributed by atoms with Crippen LogP contribution >= 0.6 is 19.9 Å². The number of carbonyl (C=O) groups excluding carboxylic acids is 1. The van der Waals surface area contributed by atoms with Gasteiger partial charge >= 0.3 is 0 Å². The van der Waals surface area contributed by atoms with Gasteiger partial charge < -0.3 is 5.32 Å². The molecule has 146 valence electrons. The summed E-state index contributed by atoms with van der Waals surface area (Å²) in [5.41, 5.74) is 3.29. The molecule has 0 radical (unpaired) electrons. The topological polar surface area (TPSA) is 57.6 Å². The zero-order chi connectivity index (χ0) is 19.5.